The van der Waals surface area contributed by atoms with Crippen molar-refractivity contribution in [2.75, 3.05) is 0 Å². The summed E-state index contributed by atoms with van der Waals surface area (Å²) < 4.78 is 0. The van der Waals surface area contributed by atoms with E-state index in [9.17, 15) is 9.59 Å². The van der Waals surface area contributed by atoms with Crippen molar-refractivity contribution < 1.29 is 9.59 Å². The van der Waals surface area contributed by atoms with Gasteiger partial charge in [-0.15, -0.1) is 0 Å². The smallest absolute Gasteiger partial charge is 0.262 e. The highest BCUT2D eigenvalue weighted by atomic mass is 16.2. The van der Waals surface area contributed by atoms with Gasteiger partial charge in [0, 0.05) is 18.2 Å². The molecule has 2 amide bonds. The molecular weight excluding hydrogens is 300 g/mol. The van der Waals surface area contributed by atoms with Crippen LogP contribution in [0, 0.1) is 17.8 Å². The Kier molecular flexibility index (Phi) is 6.20. The van der Waals surface area contributed by atoms with Crippen LogP contribution in [0.4, 0.5) is 0 Å². The number of nitrogens with one attached hydrogen (secondary N) is 1. The molecule has 24 heavy (non-hydrogen) atoms. The highest BCUT2D eigenvalue weighted by Crippen LogP contribution is 2.19. The van der Waals surface area contributed by atoms with Gasteiger partial charge in [-0.2, -0.15) is 0 Å². The highest BCUT2D eigenvalue weighted by Gasteiger charge is 2.32. The number of carbonyl (C=O) groups excluding carboxylic acids is 2. The highest BCUT2D eigenvalue weighted by molar-refractivity contribution is 6.02. The number of nitrogens with zero attached hydrogens (tertiary/aromatic N) is 1. The monoisotopic (exact) mass is 324 g/mol. The summed E-state index contributed by atoms with van der Waals surface area (Å²) in [6.07, 6.45) is 4.04. The summed E-state index contributed by atoms with van der Waals surface area (Å²) in [7, 11) is 0. The van der Waals surface area contributed by atoms with Gasteiger partial charge in [0.2, 0.25) is 0 Å². The van der Waals surface area contributed by atoms with Gasteiger partial charge in [-0.1, -0.05) is 57.2 Å². The SMILES string of the molecule is CCCCC#CC1=CN(C(=O)c2ccccc2)[C@@H](C(C)C)NC1=O. The Balaban J connectivity index is 2.31. The van der Waals surface area contributed by atoms with Gasteiger partial charge in [-0.05, 0) is 24.5 Å². The molecule has 1 aliphatic rings. The number of carbonyl (C=O) groups is 2. The van der Waals surface area contributed by atoms with Crippen LogP contribution in [-0.2, 0) is 4.79 Å². The second-order valence-electron chi connectivity index (χ2n) is 6.19. The number of rotatable bonds is 4. The fraction of sp³-hybridized carbons (Fsp3) is 0.400. The Hall–Kier alpha value is -2.54. The Morgan fingerprint density at radius 3 is 2.62 bits per heavy atom. The lowest BCUT2D eigenvalue weighted by Crippen LogP contribution is -2.54. The minimum Gasteiger partial charge on any atom is -0.331 e. The average molecular weight is 324 g/mol. The van der Waals surface area contributed by atoms with E-state index < -0.39 is 0 Å². The summed E-state index contributed by atoms with van der Waals surface area (Å²) in [6.45, 7) is 6.05. The molecule has 1 atom stereocenters. The van der Waals surface area contributed by atoms with E-state index in [0.717, 1.165) is 19.3 Å². The first kappa shape index (κ1) is 17.8. The normalized spacial score (nSPS) is 17.0. The molecule has 0 fully saturated rings. The molecule has 0 radical (unpaired) electrons. The minimum absolute atomic E-state index is 0.0902. The Morgan fingerprint density at radius 2 is 2.00 bits per heavy atom. The third-order valence-corrected chi connectivity index (χ3v) is 3.86. The molecule has 1 N–H and O–H groups in total. The van der Waals surface area contributed by atoms with Crippen LogP contribution in [0.2, 0.25) is 0 Å². The first-order chi connectivity index (χ1) is 11.5. The molecule has 126 valence electrons. The zero-order chi connectivity index (χ0) is 17.5. The van der Waals surface area contributed by atoms with Gasteiger partial charge >= 0.3 is 0 Å². The van der Waals surface area contributed by atoms with E-state index in [4.69, 9.17) is 0 Å². The first-order valence-electron chi connectivity index (χ1n) is 8.43. The first-order valence-corrected chi connectivity index (χ1v) is 8.43. The van der Waals surface area contributed by atoms with Crippen LogP contribution in [0.25, 0.3) is 0 Å². The van der Waals surface area contributed by atoms with Crippen molar-refractivity contribution in [3.05, 3.63) is 47.7 Å². The van der Waals surface area contributed by atoms with Crippen LogP contribution in [0.1, 0.15) is 50.4 Å². The lowest BCUT2D eigenvalue weighted by molar-refractivity contribution is -0.119. The van der Waals surface area contributed by atoms with Crippen molar-refractivity contribution in [1.29, 1.82) is 0 Å². The Morgan fingerprint density at radius 1 is 1.29 bits per heavy atom. The molecule has 1 heterocycles. The molecule has 1 aromatic carbocycles. The largest absolute Gasteiger partial charge is 0.331 e. The summed E-state index contributed by atoms with van der Waals surface area (Å²) in [5.41, 5.74) is 0.932. The van der Waals surface area contributed by atoms with E-state index in [1.807, 2.05) is 32.0 Å². The molecule has 0 spiro atoms. The fourth-order valence-corrected chi connectivity index (χ4v) is 2.47. The maximum absolute atomic E-state index is 12.8. The van der Waals surface area contributed by atoms with Gasteiger partial charge in [-0.3, -0.25) is 14.5 Å². The minimum atomic E-state index is -0.369. The second-order valence-corrected chi connectivity index (χ2v) is 6.19. The molecule has 0 saturated carbocycles. The molecule has 4 nitrogen and oxygen atoms in total. The van der Waals surface area contributed by atoms with Gasteiger partial charge in [-0.25, -0.2) is 0 Å². The number of unbranched alkanes of at least 4 members (excludes halogenated alkanes) is 2. The third kappa shape index (κ3) is 4.26. The average Bonchev–Trinajstić information content (AvgIpc) is 2.59. The molecular formula is C20H24N2O2. The van der Waals surface area contributed by atoms with Gasteiger partial charge in [0.25, 0.3) is 11.8 Å². The van der Waals surface area contributed by atoms with Crippen molar-refractivity contribution >= 4 is 11.8 Å². The predicted octanol–water partition coefficient (Wildman–Crippen LogP) is 3.32. The summed E-state index contributed by atoms with van der Waals surface area (Å²) in [5, 5.41) is 2.90. The van der Waals surface area contributed by atoms with E-state index in [1.54, 1.807) is 23.2 Å². The van der Waals surface area contributed by atoms with Crippen molar-refractivity contribution in [3.63, 3.8) is 0 Å². The summed E-state index contributed by atoms with van der Waals surface area (Å²) in [6, 6.07) is 9.08. The summed E-state index contributed by atoms with van der Waals surface area (Å²) >= 11 is 0. The van der Waals surface area contributed by atoms with Gasteiger partial charge in [0.15, 0.2) is 0 Å². The molecule has 1 aliphatic heterocycles. The molecule has 1 aromatic rings. The van der Waals surface area contributed by atoms with E-state index >= 15 is 0 Å². The van der Waals surface area contributed by atoms with Crippen LogP contribution in [0.15, 0.2) is 42.1 Å². The maximum atomic E-state index is 12.8. The molecule has 0 aliphatic carbocycles. The van der Waals surface area contributed by atoms with E-state index in [2.05, 4.69) is 24.1 Å². The maximum Gasteiger partial charge on any atom is 0.262 e. The standard InChI is InChI=1S/C20H24N2O2/c1-4-5-6-8-13-17-14-22(18(15(2)3)21-19(17)23)20(24)16-11-9-7-10-12-16/h7,9-12,14-15,18H,4-6H2,1-3H3,(H,21,23)/t18-/m0/s1. The molecule has 0 unspecified atom stereocenters. The van der Waals surface area contributed by atoms with Gasteiger partial charge in [0.05, 0.1) is 0 Å². The molecule has 0 saturated heterocycles. The van der Waals surface area contributed by atoms with Crippen molar-refractivity contribution in [2.45, 2.75) is 46.2 Å². The van der Waals surface area contributed by atoms with Gasteiger partial charge in [0.1, 0.15) is 11.7 Å². The predicted molar refractivity (Wildman–Crippen MR) is 94.8 cm³/mol. The Labute approximate surface area is 143 Å². The molecule has 0 aromatic heterocycles. The van der Waals surface area contributed by atoms with Crippen molar-refractivity contribution in [2.24, 2.45) is 5.92 Å². The van der Waals surface area contributed by atoms with E-state index in [0.29, 0.717) is 11.1 Å². The zero-order valence-electron chi connectivity index (χ0n) is 14.5. The van der Waals surface area contributed by atoms with E-state index in [1.165, 1.54) is 0 Å². The van der Waals surface area contributed by atoms with Crippen LogP contribution in [0.5, 0.6) is 0 Å². The second kappa shape index (κ2) is 8.35. The lowest BCUT2D eigenvalue weighted by Gasteiger charge is -2.35. The van der Waals surface area contributed by atoms with Crippen LogP contribution >= 0.6 is 0 Å². The van der Waals surface area contributed by atoms with Crippen molar-refractivity contribution in [1.82, 2.24) is 10.2 Å². The molecule has 0 bridgehead atoms. The topological polar surface area (TPSA) is 49.4 Å². The number of benzene rings is 1. The third-order valence-electron chi connectivity index (χ3n) is 3.86. The molecule has 2 rings (SSSR count). The fourth-order valence-electron chi connectivity index (χ4n) is 2.47. The number of hydrogen-bond donors (Lipinski definition) is 1. The number of amides is 2. The van der Waals surface area contributed by atoms with E-state index in [-0.39, 0.29) is 23.9 Å². The van der Waals surface area contributed by atoms with Crippen LogP contribution in [0.3, 0.4) is 0 Å². The quantitative estimate of drug-likeness (QED) is 0.682. The Bertz CT molecular complexity index is 681. The van der Waals surface area contributed by atoms with Crippen LogP contribution < -0.4 is 5.32 Å². The summed E-state index contributed by atoms with van der Waals surface area (Å²) in [4.78, 5) is 26.7. The molecule has 4 heteroatoms. The van der Waals surface area contributed by atoms with Gasteiger partial charge < -0.3 is 5.32 Å². The van der Waals surface area contributed by atoms with Crippen molar-refractivity contribution in [3.8, 4) is 11.8 Å². The number of hydrogen-bond acceptors (Lipinski definition) is 2. The van der Waals surface area contributed by atoms with Crippen LogP contribution in [-0.4, -0.2) is 22.9 Å². The lowest BCUT2D eigenvalue weighted by atomic mass is 10.0. The zero-order valence-corrected chi connectivity index (χ0v) is 14.5. The summed E-state index contributed by atoms with van der Waals surface area (Å²) in [5.74, 6) is 5.66.